The minimum Gasteiger partial charge on any atom is -0.382 e. The lowest BCUT2D eigenvalue weighted by atomic mass is 10.1. The zero-order chi connectivity index (χ0) is 11.2. The number of aromatic nitrogens is 3. The van der Waals surface area contributed by atoms with Gasteiger partial charge in [0.25, 0.3) is 0 Å². The highest BCUT2D eigenvalue weighted by Gasteiger charge is 2.19. The SMILES string of the molecule is CCc1c(CC)n(N)n2c(N)nc(N)c12. The molecule has 0 bridgehead atoms. The summed E-state index contributed by atoms with van der Waals surface area (Å²) < 4.78 is 1.66. The molecule has 6 N–H and O–H groups in total. The molecule has 6 heteroatoms. The first kappa shape index (κ1) is 9.70. The van der Waals surface area contributed by atoms with Crippen LogP contribution in [0.2, 0.25) is 0 Å². The van der Waals surface area contributed by atoms with Crippen molar-refractivity contribution >= 4 is 17.3 Å². The molecule has 0 amide bonds. The number of anilines is 2. The average Bonchev–Trinajstić information content (AvgIpc) is 2.64. The molecule has 0 atom stereocenters. The molecule has 0 spiro atoms. The van der Waals surface area contributed by atoms with Crippen molar-refractivity contribution in [2.24, 2.45) is 0 Å². The zero-order valence-corrected chi connectivity index (χ0v) is 8.99. The quantitative estimate of drug-likeness (QED) is 0.611. The third-order valence-electron chi connectivity index (χ3n) is 2.72. The molecule has 0 saturated heterocycles. The van der Waals surface area contributed by atoms with E-state index in [0.29, 0.717) is 11.8 Å². The summed E-state index contributed by atoms with van der Waals surface area (Å²) >= 11 is 0. The molecule has 0 radical (unpaired) electrons. The lowest BCUT2D eigenvalue weighted by Crippen LogP contribution is -2.19. The van der Waals surface area contributed by atoms with Gasteiger partial charge in [0.2, 0.25) is 5.95 Å². The molecule has 2 aromatic rings. The highest BCUT2D eigenvalue weighted by Crippen LogP contribution is 2.26. The van der Waals surface area contributed by atoms with E-state index in [-0.39, 0.29) is 0 Å². The van der Waals surface area contributed by atoms with Crippen molar-refractivity contribution in [1.29, 1.82) is 0 Å². The van der Waals surface area contributed by atoms with Gasteiger partial charge in [0.05, 0.1) is 5.69 Å². The van der Waals surface area contributed by atoms with E-state index in [1.54, 1.807) is 4.52 Å². The predicted molar refractivity (Wildman–Crippen MR) is 60.9 cm³/mol. The first-order valence-corrected chi connectivity index (χ1v) is 5.02. The summed E-state index contributed by atoms with van der Waals surface area (Å²) in [6.45, 7) is 4.12. The van der Waals surface area contributed by atoms with Gasteiger partial charge in [0, 0.05) is 5.56 Å². The predicted octanol–water partition coefficient (Wildman–Crippen LogP) is 0.139. The van der Waals surface area contributed by atoms with Crippen molar-refractivity contribution in [2.75, 3.05) is 17.3 Å². The molecule has 0 unspecified atom stereocenters. The third kappa shape index (κ3) is 1.07. The van der Waals surface area contributed by atoms with Crippen LogP contribution < -0.4 is 17.3 Å². The molecule has 0 aliphatic heterocycles. The zero-order valence-electron chi connectivity index (χ0n) is 8.99. The number of nitrogen functional groups attached to an aromatic ring is 3. The number of hydrogen-bond donors (Lipinski definition) is 3. The summed E-state index contributed by atoms with van der Waals surface area (Å²) in [4.78, 5) is 5.55. The molecule has 82 valence electrons. The summed E-state index contributed by atoms with van der Waals surface area (Å²) in [7, 11) is 0. The van der Waals surface area contributed by atoms with E-state index in [4.69, 9.17) is 17.3 Å². The van der Waals surface area contributed by atoms with E-state index in [1.807, 2.05) is 0 Å². The smallest absolute Gasteiger partial charge is 0.223 e. The fourth-order valence-corrected chi connectivity index (χ4v) is 2.09. The lowest BCUT2D eigenvalue weighted by molar-refractivity contribution is 0.717. The molecule has 6 nitrogen and oxygen atoms in total. The maximum absolute atomic E-state index is 5.94. The second kappa shape index (κ2) is 3.08. The minimum atomic E-state index is 0.333. The van der Waals surface area contributed by atoms with E-state index >= 15 is 0 Å². The molecule has 0 aliphatic rings. The van der Waals surface area contributed by atoms with Gasteiger partial charge in [-0.2, -0.15) is 14.3 Å². The summed E-state index contributed by atoms with van der Waals surface area (Å²) in [5.74, 6) is 6.72. The largest absolute Gasteiger partial charge is 0.382 e. The van der Waals surface area contributed by atoms with Crippen LogP contribution in [0.1, 0.15) is 25.1 Å². The minimum absolute atomic E-state index is 0.333. The second-order valence-electron chi connectivity index (χ2n) is 3.49. The van der Waals surface area contributed by atoms with E-state index in [9.17, 15) is 0 Å². The molecule has 0 aliphatic carbocycles. The Morgan fingerprint density at radius 1 is 1.20 bits per heavy atom. The van der Waals surface area contributed by atoms with Crippen molar-refractivity contribution in [2.45, 2.75) is 26.7 Å². The van der Waals surface area contributed by atoms with Gasteiger partial charge in [0.15, 0.2) is 5.82 Å². The van der Waals surface area contributed by atoms with Gasteiger partial charge in [-0.3, -0.25) is 0 Å². The number of nitrogens with zero attached hydrogens (tertiary/aromatic N) is 3. The monoisotopic (exact) mass is 208 g/mol. The summed E-state index contributed by atoms with van der Waals surface area (Å²) in [6.07, 6.45) is 1.71. The van der Waals surface area contributed by atoms with Crippen LogP contribution >= 0.6 is 0 Å². The van der Waals surface area contributed by atoms with Crippen molar-refractivity contribution in [3.63, 3.8) is 0 Å². The number of hydrogen-bond acceptors (Lipinski definition) is 4. The summed E-state index contributed by atoms with van der Waals surface area (Å²) in [5.41, 5.74) is 14.6. The first-order chi connectivity index (χ1) is 7.11. The highest BCUT2D eigenvalue weighted by molar-refractivity contribution is 5.75. The van der Waals surface area contributed by atoms with Gasteiger partial charge in [-0.1, -0.05) is 13.8 Å². The van der Waals surface area contributed by atoms with Crippen LogP contribution in [-0.2, 0) is 12.8 Å². The van der Waals surface area contributed by atoms with Crippen LogP contribution in [0.25, 0.3) is 5.52 Å². The van der Waals surface area contributed by atoms with Gasteiger partial charge >= 0.3 is 0 Å². The van der Waals surface area contributed by atoms with E-state index in [0.717, 1.165) is 29.6 Å². The molecule has 2 aromatic heterocycles. The lowest BCUT2D eigenvalue weighted by Gasteiger charge is -2.03. The fourth-order valence-electron chi connectivity index (χ4n) is 2.09. The first-order valence-electron chi connectivity index (χ1n) is 5.02. The van der Waals surface area contributed by atoms with Crippen LogP contribution in [0.15, 0.2) is 0 Å². The Bertz CT molecular complexity index is 506. The maximum atomic E-state index is 5.94. The van der Waals surface area contributed by atoms with Gasteiger partial charge in [-0.05, 0) is 12.8 Å². The van der Waals surface area contributed by atoms with E-state index in [1.165, 1.54) is 4.79 Å². The molecule has 0 saturated carbocycles. The molecule has 15 heavy (non-hydrogen) atoms. The molecular formula is C9H16N6. The third-order valence-corrected chi connectivity index (χ3v) is 2.72. The molecule has 0 aromatic carbocycles. The average molecular weight is 208 g/mol. The Morgan fingerprint density at radius 2 is 1.87 bits per heavy atom. The van der Waals surface area contributed by atoms with Crippen LogP contribution in [-0.4, -0.2) is 14.3 Å². The van der Waals surface area contributed by atoms with Gasteiger partial charge < -0.3 is 17.3 Å². The van der Waals surface area contributed by atoms with Crippen LogP contribution in [0.4, 0.5) is 11.8 Å². The van der Waals surface area contributed by atoms with Crippen molar-refractivity contribution in [3.05, 3.63) is 11.3 Å². The van der Waals surface area contributed by atoms with Gasteiger partial charge in [-0.15, -0.1) is 0 Å². The Hall–Kier alpha value is -1.85. The normalized spacial score (nSPS) is 11.3. The Balaban J connectivity index is 2.92. The Labute approximate surface area is 87.6 Å². The van der Waals surface area contributed by atoms with E-state index in [2.05, 4.69) is 18.8 Å². The standard InChI is InChI=1S/C9H16N6/c1-3-5-6(4-2)15(12)14-7(5)8(10)13-9(14)11/h3-4,10,12H2,1-2H3,(H2,11,13). The van der Waals surface area contributed by atoms with Crippen molar-refractivity contribution in [1.82, 2.24) is 14.3 Å². The summed E-state index contributed by atoms with van der Waals surface area (Å²) in [5, 5.41) is 0. The topological polar surface area (TPSA) is 100 Å². The van der Waals surface area contributed by atoms with Crippen molar-refractivity contribution in [3.8, 4) is 0 Å². The second-order valence-corrected chi connectivity index (χ2v) is 3.49. The van der Waals surface area contributed by atoms with Gasteiger partial charge in [0.1, 0.15) is 5.52 Å². The fraction of sp³-hybridized carbons (Fsp3) is 0.444. The number of imidazole rings is 1. The van der Waals surface area contributed by atoms with Crippen LogP contribution in [0.5, 0.6) is 0 Å². The molecule has 0 fully saturated rings. The molecule has 2 heterocycles. The molecule has 2 rings (SSSR count). The van der Waals surface area contributed by atoms with Crippen LogP contribution in [0.3, 0.4) is 0 Å². The van der Waals surface area contributed by atoms with Gasteiger partial charge in [-0.25, -0.2) is 0 Å². The highest BCUT2D eigenvalue weighted by atomic mass is 15.6. The summed E-state index contributed by atoms with van der Waals surface area (Å²) in [6, 6.07) is 0. The number of rotatable bonds is 2. The van der Waals surface area contributed by atoms with Crippen molar-refractivity contribution < 1.29 is 0 Å². The number of aryl methyl sites for hydroxylation is 1. The number of fused-ring (bicyclic) bond motifs is 1. The van der Waals surface area contributed by atoms with E-state index < -0.39 is 0 Å². The maximum Gasteiger partial charge on any atom is 0.223 e. The number of nitrogens with two attached hydrogens (primary N) is 3. The Morgan fingerprint density at radius 3 is 2.40 bits per heavy atom. The Kier molecular flexibility index (Phi) is 1.99. The molecular weight excluding hydrogens is 192 g/mol. The van der Waals surface area contributed by atoms with Crippen LogP contribution in [0, 0.1) is 0 Å².